The molecule has 0 aliphatic heterocycles. The molecular weight excluding hydrogens is 356 g/mol. The van der Waals surface area contributed by atoms with Crippen LogP contribution in [-0.2, 0) is 4.79 Å². The van der Waals surface area contributed by atoms with Crippen molar-refractivity contribution in [2.75, 3.05) is 19.5 Å². The van der Waals surface area contributed by atoms with Crippen LogP contribution in [0.25, 0.3) is 6.08 Å². The molecule has 1 amide bonds. The molecule has 1 aromatic carbocycles. The molecule has 1 saturated carbocycles. The van der Waals surface area contributed by atoms with Gasteiger partial charge < -0.3 is 25.8 Å². The molecule has 3 rings (SSSR count). The third kappa shape index (κ3) is 4.43. The molecule has 1 aromatic heterocycles. The van der Waals surface area contributed by atoms with Crippen molar-refractivity contribution < 1.29 is 14.3 Å². The van der Waals surface area contributed by atoms with Crippen molar-refractivity contribution in [2.45, 2.75) is 31.8 Å². The molecule has 2 aromatic rings. The highest BCUT2D eigenvalue weighted by atomic mass is 16.5. The Balaban J connectivity index is 1.76. The highest BCUT2D eigenvalue weighted by molar-refractivity contribution is 5.93. The van der Waals surface area contributed by atoms with Gasteiger partial charge in [-0.05, 0) is 49.6 Å². The molecule has 1 aliphatic rings. The monoisotopic (exact) mass is 382 g/mol. The molecule has 0 spiro atoms. The largest absolute Gasteiger partial charge is 0.493 e. The zero-order valence-corrected chi connectivity index (χ0v) is 16.4. The van der Waals surface area contributed by atoms with Gasteiger partial charge in [-0.3, -0.25) is 4.79 Å². The van der Waals surface area contributed by atoms with Gasteiger partial charge >= 0.3 is 0 Å². The molecule has 7 heteroatoms. The number of carbonyl (C=O) groups excluding carboxylic acids is 1. The Morgan fingerprint density at radius 2 is 2.11 bits per heavy atom. The van der Waals surface area contributed by atoms with Crippen molar-refractivity contribution in [2.24, 2.45) is 5.73 Å². The Labute approximate surface area is 164 Å². The van der Waals surface area contributed by atoms with Crippen molar-refractivity contribution in [3.05, 3.63) is 47.7 Å². The van der Waals surface area contributed by atoms with E-state index in [0.717, 1.165) is 29.7 Å². The van der Waals surface area contributed by atoms with Gasteiger partial charge in [0.05, 0.1) is 14.2 Å². The minimum absolute atomic E-state index is 0.0567. The number of anilines is 2. The highest BCUT2D eigenvalue weighted by Crippen LogP contribution is 2.35. The van der Waals surface area contributed by atoms with Gasteiger partial charge in [-0.1, -0.05) is 0 Å². The summed E-state index contributed by atoms with van der Waals surface area (Å²) >= 11 is 0. The fourth-order valence-electron chi connectivity index (χ4n) is 3.12. The maximum atomic E-state index is 12.1. The zero-order valence-electron chi connectivity index (χ0n) is 16.4. The maximum Gasteiger partial charge on any atom is 0.244 e. The summed E-state index contributed by atoms with van der Waals surface area (Å²) in [6.45, 7) is 1.95. The minimum Gasteiger partial charge on any atom is -0.493 e. The lowest BCUT2D eigenvalue weighted by Crippen LogP contribution is -2.54. The number of nitrogens with one attached hydrogen (secondary N) is 2. The number of nitrogens with zero attached hydrogens (tertiary/aromatic N) is 1. The first-order valence-electron chi connectivity index (χ1n) is 9.20. The van der Waals surface area contributed by atoms with Gasteiger partial charge in [-0.2, -0.15) is 0 Å². The lowest BCUT2D eigenvalue weighted by molar-refractivity contribution is -0.117. The Kier molecular flexibility index (Phi) is 6.16. The topological polar surface area (TPSA) is 98.5 Å². The molecule has 28 heavy (non-hydrogen) atoms. The van der Waals surface area contributed by atoms with Gasteiger partial charge in [0.15, 0.2) is 11.5 Å². The van der Waals surface area contributed by atoms with Gasteiger partial charge in [-0.15, -0.1) is 0 Å². The molecule has 0 bridgehead atoms. The van der Waals surface area contributed by atoms with Gasteiger partial charge in [0.25, 0.3) is 0 Å². The molecule has 1 aliphatic carbocycles. The van der Waals surface area contributed by atoms with Crippen molar-refractivity contribution in [3.8, 4) is 11.5 Å². The maximum absolute atomic E-state index is 12.1. The first-order valence-corrected chi connectivity index (χ1v) is 9.20. The van der Waals surface area contributed by atoms with Crippen LogP contribution in [0.2, 0.25) is 0 Å². The lowest BCUT2D eigenvalue weighted by Gasteiger charge is -2.33. The standard InChI is InChI=1S/C21H26N4O3/c1-13-11-15(12-18(27-2)20(13)28-3)24-21-14(5-4-10-23-21)6-9-19(26)25-17-8-7-16(17)22/h4-6,9-12,16-17H,7-8,22H2,1-3H3,(H,23,24)(H,25,26)/b9-6+. The zero-order chi connectivity index (χ0) is 20.1. The van der Waals surface area contributed by atoms with Gasteiger partial charge in [-0.25, -0.2) is 4.98 Å². The van der Waals surface area contributed by atoms with E-state index in [1.54, 1.807) is 26.5 Å². The number of methoxy groups -OCH3 is 2. The molecule has 0 saturated heterocycles. The number of hydrogen-bond donors (Lipinski definition) is 3. The van der Waals surface area contributed by atoms with E-state index in [4.69, 9.17) is 15.2 Å². The second-order valence-corrected chi connectivity index (χ2v) is 6.78. The molecule has 2 unspecified atom stereocenters. The summed E-state index contributed by atoms with van der Waals surface area (Å²) in [6, 6.07) is 7.64. The van der Waals surface area contributed by atoms with Crippen LogP contribution in [0.3, 0.4) is 0 Å². The smallest absolute Gasteiger partial charge is 0.244 e. The number of pyridine rings is 1. The molecule has 148 valence electrons. The molecule has 2 atom stereocenters. The number of ether oxygens (including phenoxy) is 2. The average molecular weight is 382 g/mol. The summed E-state index contributed by atoms with van der Waals surface area (Å²) in [7, 11) is 3.21. The van der Waals surface area contributed by atoms with Gasteiger partial charge in [0.2, 0.25) is 5.91 Å². The first kappa shape index (κ1) is 19.7. The average Bonchev–Trinajstić information content (AvgIpc) is 2.69. The number of rotatable bonds is 7. The van der Waals surface area contributed by atoms with Crippen molar-refractivity contribution in [3.63, 3.8) is 0 Å². The summed E-state index contributed by atoms with van der Waals surface area (Å²) in [5.41, 5.74) is 8.41. The summed E-state index contributed by atoms with van der Waals surface area (Å²) < 4.78 is 10.8. The molecule has 1 fully saturated rings. The van der Waals surface area contributed by atoms with E-state index in [0.29, 0.717) is 17.3 Å². The summed E-state index contributed by atoms with van der Waals surface area (Å²) in [5, 5.41) is 6.20. The molecule has 4 N–H and O–H groups in total. The second-order valence-electron chi connectivity index (χ2n) is 6.78. The highest BCUT2D eigenvalue weighted by Gasteiger charge is 2.27. The van der Waals surface area contributed by atoms with E-state index in [9.17, 15) is 4.79 Å². The van der Waals surface area contributed by atoms with E-state index >= 15 is 0 Å². The Hall–Kier alpha value is -3.06. The number of aryl methyl sites for hydroxylation is 1. The predicted octanol–water partition coefficient (Wildman–Crippen LogP) is 2.77. The number of aromatic nitrogens is 1. The summed E-state index contributed by atoms with van der Waals surface area (Å²) in [5.74, 6) is 1.81. The second kappa shape index (κ2) is 8.75. The fraction of sp³-hybridized carbons (Fsp3) is 0.333. The van der Waals surface area contributed by atoms with E-state index in [1.807, 2.05) is 31.2 Å². The van der Waals surface area contributed by atoms with Crippen molar-refractivity contribution in [1.29, 1.82) is 0 Å². The number of benzene rings is 1. The van der Waals surface area contributed by atoms with Crippen LogP contribution in [0.1, 0.15) is 24.0 Å². The third-order valence-corrected chi connectivity index (χ3v) is 4.84. The van der Waals surface area contributed by atoms with Crippen LogP contribution in [-0.4, -0.2) is 37.2 Å². The first-order chi connectivity index (χ1) is 13.5. The predicted molar refractivity (Wildman–Crippen MR) is 110 cm³/mol. The van der Waals surface area contributed by atoms with E-state index in [2.05, 4.69) is 15.6 Å². The van der Waals surface area contributed by atoms with E-state index < -0.39 is 0 Å². The number of carbonyl (C=O) groups is 1. The summed E-state index contributed by atoms with van der Waals surface area (Å²) in [6.07, 6.45) is 6.82. The Morgan fingerprint density at radius 1 is 1.29 bits per heavy atom. The quantitative estimate of drug-likeness (QED) is 0.637. The summed E-state index contributed by atoms with van der Waals surface area (Å²) in [4.78, 5) is 16.5. The van der Waals surface area contributed by atoms with E-state index in [-0.39, 0.29) is 18.0 Å². The van der Waals surface area contributed by atoms with Gasteiger partial charge in [0.1, 0.15) is 5.82 Å². The van der Waals surface area contributed by atoms with Crippen LogP contribution >= 0.6 is 0 Å². The van der Waals surface area contributed by atoms with E-state index in [1.165, 1.54) is 6.08 Å². The molecule has 1 heterocycles. The van der Waals surface area contributed by atoms with Crippen LogP contribution < -0.4 is 25.8 Å². The van der Waals surface area contributed by atoms with Crippen LogP contribution in [0.5, 0.6) is 11.5 Å². The molecule has 7 nitrogen and oxygen atoms in total. The van der Waals surface area contributed by atoms with Gasteiger partial charge in [0, 0.05) is 41.7 Å². The third-order valence-electron chi connectivity index (χ3n) is 4.84. The lowest BCUT2D eigenvalue weighted by atomic mass is 9.87. The van der Waals surface area contributed by atoms with Crippen LogP contribution in [0.15, 0.2) is 36.5 Å². The Morgan fingerprint density at radius 3 is 2.75 bits per heavy atom. The SMILES string of the molecule is COc1cc(Nc2ncccc2/C=C/C(=O)NC2CCC2N)cc(C)c1OC. The number of hydrogen-bond acceptors (Lipinski definition) is 6. The normalized spacial score (nSPS) is 18.4. The molecular formula is C21H26N4O3. The number of amides is 1. The minimum atomic E-state index is -0.156. The molecule has 0 radical (unpaired) electrons. The van der Waals surface area contributed by atoms with Crippen molar-refractivity contribution >= 4 is 23.5 Å². The van der Waals surface area contributed by atoms with Crippen molar-refractivity contribution in [1.82, 2.24) is 10.3 Å². The van der Waals surface area contributed by atoms with Crippen LogP contribution in [0.4, 0.5) is 11.5 Å². The number of nitrogens with two attached hydrogens (primary N) is 1. The van der Waals surface area contributed by atoms with Crippen LogP contribution in [0, 0.1) is 6.92 Å². The fourth-order valence-corrected chi connectivity index (χ4v) is 3.12. The Bertz CT molecular complexity index is 882.